The van der Waals surface area contributed by atoms with Gasteiger partial charge in [0.1, 0.15) is 4.90 Å². The van der Waals surface area contributed by atoms with Crippen LogP contribution in [0, 0.1) is 19.3 Å². The predicted molar refractivity (Wildman–Crippen MR) is 236 cm³/mol. The molecule has 8 rings (SSSR count). The maximum atomic E-state index is 14.7. The summed E-state index contributed by atoms with van der Waals surface area (Å²) in [4.78, 5) is 54.9. The highest BCUT2D eigenvalue weighted by Crippen LogP contribution is 2.46. The van der Waals surface area contributed by atoms with Gasteiger partial charge in [-0.1, -0.05) is 64.5 Å². The first kappa shape index (κ1) is 44.4. The zero-order valence-corrected chi connectivity index (χ0v) is 35.7. The second kappa shape index (κ2) is 18.1. The minimum atomic E-state index is -5.08. The van der Waals surface area contributed by atoms with Gasteiger partial charge in [-0.15, -0.1) is 15.1 Å². The number of rotatable bonds is 15. The third-order valence-corrected chi connectivity index (χ3v) is 12.1. The summed E-state index contributed by atoms with van der Waals surface area (Å²) in [6, 6.07) is 22.0. The second-order valence-electron chi connectivity index (χ2n) is 13.8. The van der Waals surface area contributed by atoms with Crippen molar-refractivity contribution >= 4 is 91.3 Å². The van der Waals surface area contributed by atoms with Gasteiger partial charge in [-0.05, 0) is 60.5 Å². The van der Waals surface area contributed by atoms with Crippen LogP contribution in [0.4, 0.5) is 34.6 Å². The van der Waals surface area contributed by atoms with E-state index < -0.39 is 44.1 Å². The SMILES string of the molecule is C#Cc1cccc(C)c1Nc1nc(O)nc(Nc2cc(Nc3ccc4c5c3C(=O)c3ccccc3-c5c(C(=O)c3cccc(SOOO)c3)c(=O)n4C)c(SOOO)cc2S(=O)(=O)O)n1. The number of carbonyl (C=O) groups excluding carboxylic acids is 2. The number of pyridine rings is 1. The molecule has 1 aliphatic rings. The summed E-state index contributed by atoms with van der Waals surface area (Å²) in [5, 5.41) is 44.7. The normalized spacial score (nSPS) is 11.8. The molecule has 1 aliphatic carbocycles. The number of nitrogens with zero attached hydrogens (tertiary/aromatic N) is 4. The van der Waals surface area contributed by atoms with Crippen LogP contribution in [-0.4, -0.2) is 59.7 Å². The number of aryl methyl sites for hydroxylation is 2. The summed E-state index contributed by atoms with van der Waals surface area (Å²) in [5.74, 6) is 0.718. The third kappa shape index (κ3) is 8.60. The molecule has 0 bridgehead atoms. The highest BCUT2D eigenvalue weighted by atomic mass is 32.2. The molecule has 7 aromatic rings. The number of nitrogens with one attached hydrogen (secondary N) is 3. The molecule has 0 radical (unpaired) electrons. The number of hydrogen-bond donors (Lipinski definition) is 7. The molecule has 2 heterocycles. The van der Waals surface area contributed by atoms with Gasteiger partial charge in [0.05, 0.1) is 68.4 Å². The Morgan fingerprint density at radius 3 is 2.23 bits per heavy atom. The molecule has 0 saturated carbocycles. The summed E-state index contributed by atoms with van der Waals surface area (Å²) >= 11 is 0.918. The Hall–Kier alpha value is -7.21. The topological polar surface area (TPSA) is 283 Å². The van der Waals surface area contributed by atoms with Gasteiger partial charge in [0.15, 0.2) is 11.6 Å². The molecule has 0 amide bonds. The number of ketones is 2. The fourth-order valence-corrected chi connectivity index (χ4v) is 8.89. The van der Waals surface area contributed by atoms with Crippen LogP contribution in [0.15, 0.2) is 110 Å². The van der Waals surface area contributed by atoms with Crippen molar-refractivity contribution in [1.82, 2.24) is 19.5 Å². The highest BCUT2D eigenvalue weighted by Gasteiger charge is 2.34. The number of para-hydroxylation sites is 1. The van der Waals surface area contributed by atoms with E-state index in [1.54, 1.807) is 55.5 Å². The third-order valence-electron chi connectivity index (χ3n) is 10.0. The molecular weight excluding hydrogens is 907 g/mol. The molecule has 7 N–H and O–H groups in total. The van der Waals surface area contributed by atoms with Crippen LogP contribution >= 0.6 is 24.1 Å². The molecule has 0 saturated heterocycles. The quantitative estimate of drug-likeness (QED) is 0.0131. The zero-order valence-electron chi connectivity index (χ0n) is 33.2. The van der Waals surface area contributed by atoms with Crippen LogP contribution in [0.5, 0.6) is 6.01 Å². The number of benzene rings is 5. The van der Waals surface area contributed by atoms with Crippen molar-refractivity contribution in [3.63, 3.8) is 0 Å². The van der Waals surface area contributed by atoms with Crippen LogP contribution in [0.2, 0.25) is 0 Å². The Kier molecular flexibility index (Phi) is 12.4. The van der Waals surface area contributed by atoms with Crippen molar-refractivity contribution in [2.75, 3.05) is 16.0 Å². The van der Waals surface area contributed by atoms with Crippen molar-refractivity contribution in [2.45, 2.75) is 21.6 Å². The first-order chi connectivity index (χ1) is 31.2. The molecule has 328 valence electrons. The van der Waals surface area contributed by atoms with Gasteiger partial charge in [-0.2, -0.15) is 23.4 Å². The van der Waals surface area contributed by atoms with Crippen LogP contribution in [0.25, 0.3) is 22.0 Å². The van der Waals surface area contributed by atoms with Crippen molar-refractivity contribution in [2.24, 2.45) is 7.05 Å². The number of hydrogen-bond acceptors (Lipinski definition) is 20. The summed E-state index contributed by atoms with van der Waals surface area (Å²) < 4.78 is 46.7. The summed E-state index contributed by atoms with van der Waals surface area (Å²) in [5.41, 5.74) is 1.28. The van der Waals surface area contributed by atoms with E-state index in [4.69, 9.17) is 16.9 Å². The Morgan fingerprint density at radius 1 is 0.800 bits per heavy atom. The van der Waals surface area contributed by atoms with Crippen LogP contribution in [-0.2, 0) is 35.9 Å². The van der Waals surface area contributed by atoms with E-state index in [1.165, 1.54) is 48.0 Å². The van der Waals surface area contributed by atoms with Gasteiger partial charge in [-0.3, -0.25) is 18.9 Å². The molecule has 0 aliphatic heterocycles. The minimum Gasteiger partial charge on any atom is -0.479 e. The second-order valence-corrected chi connectivity index (χ2v) is 16.7. The number of fused-ring (bicyclic) bond motifs is 2. The highest BCUT2D eigenvalue weighted by molar-refractivity contribution is 7.95. The fraction of sp³-hybridized carbons (Fsp3) is 0.0476. The van der Waals surface area contributed by atoms with Crippen molar-refractivity contribution in [1.29, 1.82) is 0 Å². The van der Waals surface area contributed by atoms with Crippen molar-refractivity contribution in [3.8, 4) is 29.5 Å². The molecule has 0 fully saturated rings. The summed E-state index contributed by atoms with van der Waals surface area (Å²) in [6.07, 6.45) is 5.68. The zero-order chi connectivity index (χ0) is 46.2. The fourth-order valence-electron chi connectivity index (χ4n) is 7.27. The molecule has 0 atom stereocenters. The molecule has 0 spiro atoms. The average molecular weight is 936 g/mol. The van der Waals surface area contributed by atoms with Crippen molar-refractivity contribution in [3.05, 3.63) is 135 Å². The van der Waals surface area contributed by atoms with E-state index in [9.17, 15) is 32.5 Å². The molecule has 65 heavy (non-hydrogen) atoms. The van der Waals surface area contributed by atoms with E-state index in [2.05, 4.69) is 55.6 Å². The van der Waals surface area contributed by atoms with E-state index in [1.807, 2.05) is 0 Å². The first-order valence-electron chi connectivity index (χ1n) is 18.5. The molecule has 20 nitrogen and oxygen atoms in total. The number of anilines is 6. The van der Waals surface area contributed by atoms with E-state index in [0.29, 0.717) is 51.4 Å². The Balaban J connectivity index is 1.30. The number of carbonyl (C=O) groups is 2. The maximum Gasteiger partial charge on any atom is 0.320 e. The van der Waals surface area contributed by atoms with E-state index in [0.717, 1.165) is 6.07 Å². The standard InChI is InChI=1S/C42H29N7O13S3/c1-4-21-10-7-9-20(2)36(21)45-41-46-40(47-42(53)48-41)44-28-18-27(30(64-62-60-55)19-31(28)65(56,57)58)43-26-15-16-29-34-32(24-13-5-6-14-25(24)38(51)33(26)34)35(39(52)49(29)3)37(50)22-11-8-12-23(17-22)63-61-59-54/h1,5-19,43,54-55H,2-3H3,(H,56,57,58)(H3,44,45,46,47,48,53). The van der Waals surface area contributed by atoms with Gasteiger partial charge >= 0.3 is 6.01 Å². The molecule has 0 unspecified atom stereocenters. The molecule has 23 heteroatoms. The van der Waals surface area contributed by atoms with Crippen molar-refractivity contribution < 1.29 is 56.9 Å². The van der Waals surface area contributed by atoms with Crippen LogP contribution in [0.1, 0.15) is 43.0 Å². The largest absolute Gasteiger partial charge is 0.479 e. The molecular formula is C42H29N7O13S3. The number of aromatic nitrogens is 4. The monoisotopic (exact) mass is 935 g/mol. The predicted octanol–water partition coefficient (Wildman–Crippen LogP) is 7.50. The Morgan fingerprint density at radius 2 is 1.51 bits per heavy atom. The number of terminal acetylenes is 1. The Bertz CT molecular complexity index is 3340. The summed E-state index contributed by atoms with van der Waals surface area (Å²) in [7, 11) is -3.64. The first-order valence-corrected chi connectivity index (χ1v) is 21.4. The van der Waals surface area contributed by atoms with E-state index in [-0.39, 0.29) is 66.6 Å². The molecule has 5 aromatic carbocycles. The van der Waals surface area contributed by atoms with Gasteiger partial charge in [0, 0.05) is 39.6 Å². The lowest BCUT2D eigenvalue weighted by Gasteiger charge is -2.26. The number of aromatic hydroxyl groups is 1. The lowest BCUT2D eigenvalue weighted by Crippen LogP contribution is -2.29. The van der Waals surface area contributed by atoms with Gasteiger partial charge in [0.25, 0.3) is 15.7 Å². The lowest BCUT2D eigenvalue weighted by atomic mass is 9.80. The minimum absolute atomic E-state index is 0.00272. The van der Waals surface area contributed by atoms with Crippen LogP contribution in [0.3, 0.4) is 0 Å². The average Bonchev–Trinajstić information content (AvgIpc) is 3.28. The smallest absolute Gasteiger partial charge is 0.320 e. The van der Waals surface area contributed by atoms with Gasteiger partial charge in [-0.25, -0.2) is 10.5 Å². The van der Waals surface area contributed by atoms with Gasteiger partial charge in [0.2, 0.25) is 11.9 Å². The maximum absolute atomic E-state index is 14.7. The van der Waals surface area contributed by atoms with Gasteiger partial charge < -0.3 is 25.6 Å². The van der Waals surface area contributed by atoms with Crippen LogP contribution < -0.4 is 21.5 Å². The lowest BCUT2D eigenvalue weighted by molar-refractivity contribution is -0.432. The van der Waals surface area contributed by atoms with E-state index >= 15 is 0 Å². The summed E-state index contributed by atoms with van der Waals surface area (Å²) in [6.45, 7) is 1.77. The Labute approximate surface area is 375 Å². The molecule has 2 aromatic heterocycles.